The number of quaternary nitrogens is 5. The van der Waals surface area contributed by atoms with Gasteiger partial charge in [0, 0.05) is 64.2 Å². The molecule has 50 heteroatoms. The number of phosphoric ester groups is 5. The summed E-state index contributed by atoms with van der Waals surface area (Å²) in [6.45, 7) is 14.1. The van der Waals surface area contributed by atoms with Crippen LogP contribution in [0.25, 0.3) is 0 Å². The van der Waals surface area contributed by atoms with Gasteiger partial charge in [0.15, 0.2) is 30.5 Å². The molecular formula is C85H130N5O40P5. The first-order valence-electron chi connectivity index (χ1n) is 42.5. The van der Waals surface area contributed by atoms with Crippen LogP contribution in [0.5, 0.6) is 0 Å². The van der Waals surface area contributed by atoms with Gasteiger partial charge in [0.2, 0.25) is 0 Å². The van der Waals surface area contributed by atoms with Crippen molar-refractivity contribution >= 4 is 98.8 Å². The molecule has 0 spiro atoms. The Morgan fingerprint density at radius 1 is 0.200 bits per heavy atom. The van der Waals surface area contributed by atoms with Crippen molar-refractivity contribution in [2.45, 2.75) is 228 Å². The first-order valence-corrected chi connectivity index (χ1v) is 49.8. The van der Waals surface area contributed by atoms with Gasteiger partial charge in [-0.2, -0.15) is 0 Å². The van der Waals surface area contributed by atoms with Crippen molar-refractivity contribution in [2.75, 3.05) is 132 Å². The molecule has 0 aromatic carbocycles. The van der Waals surface area contributed by atoms with E-state index in [-0.39, 0.29) is 163 Å². The van der Waals surface area contributed by atoms with Crippen molar-refractivity contribution < 1.29 is 217 Å². The van der Waals surface area contributed by atoms with Gasteiger partial charge in [0.05, 0.1) is 65.8 Å². The van der Waals surface area contributed by atoms with E-state index < -0.39 is 162 Å². The monoisotopic (exact) mass is 2020 g/mol. The molecule has 0 bridgehead atoms. The number of carbonyl (C=O) groups excluding carboxylic acids is 10. The third kappa shape index (κ3) is 94.8. The largest absolute Gasteiger partial charge is 0.756 e. The van der Waals surface area contributed by atoms with Crippen molar-refractivity contribution in [1.82, 2.24) is 0 Å². The van der Waals surface area contributed by atoms with E-state index in [4.69, 9.17) is 47.4 Å². The standard InChI is InChI=1S/5C17H26NO8P/c5*1-3-5-7-9-16(19)23-13-15(26-17(20)10-8-6-4-2)14-25-27(21,22)24-12-11-18/h5*15H,3-4,9-14,18H2,1-2H3,(H,21,22)/t5*15-/m11111/s1. The van der Waals surface area contributed by atoms with Gasteiger partial charge in [0.25, 0.3) is 39.1 Å². The van der Waals surface area contributed by atoms with Gasteiger partial charge >= 0.3 is 59.7 Å². The quantitative estimate of drug-likeness (QED) is 0.0210. The molecule has 45 nitrogen and oxygen atoms in total. The molecule has 0 aromatic heterocycles. The molecule has 0 saturated carbocycles. The second-order valence-corrected chi connectivity index (χ2v) is 32.0. The van der Waals surface area contributed by atoms with Gasteiger partial charge in [-0.3, -0.25) is 70.8 Å². The number of hydrogen-bond acceptors (Lipinski definition) is 40. The molecule has 0 fully saturated rings. The van der Waals surface area contributed by atoms with Crippen LogP contribution in [-0.4, -0.2) is 222 Å². The minimum atomic E-state index is -4.57. The van der Waals surface area contributed by atoms with Crippen molar-refractivity contribution in [3.8, 4) is 118 Å². The fraction of sp³-hybridized carbons (Fsp3) is 0.647. The molecular weight excluding hydrogens is 1890 g/mol. The van der Waals surface area contributed by atoms with E-state index in [9.17, 15) is 95.2 Å². The maximum atomic E-state index is 11.8. The Morgan fingerprint density at radius 2 is 0.319 bits per heavy atom. The molecule has 0 aliphatic carbocycles. The molecule has 135 heavy (non-hydrogen) atoms. The number of phosphoric acid groups is 5. The summed E-state index contributed by atoms with van der Waals surface area (Å²) in [4.78, 5) is 175. The lowest BCUT2D eigenvalue weighted by Gasteiger charge is -2.25. The number of ether oxygens (including phenoxy) is 10. The molecule has 0 aromatic rings. The van der Waals surface area contributed by atoms with Crippen LogP contribution in [0, 0.1) is 118 Å². The molecule has 0 heterocycles. The number of rotatable bonds is 55. The molecule has 0 radical (unpaired) electrons. The Morgan fingerprint density at radius 3 is 0.430 bits per heavy atom. The van der Waals surface area contributed by atoms with E-state index in [2.05, 4.69) is 192 Å². The number of esters is 10. The van der Waals surface area contributed by atoms with E-state index in [1.807, 2.05) is 69.2 Å². The van der Waals surface area contributed by atoms with E-state index in [1.54, 1.807) is 0 Å². The highest BCUT2D eigenvalue weighted by Crippen LogP contribution is 2.41. The summed E-state index contributed by atoms with van der Waals surface area (Å²) >= 11 is 0. The van der Waals surface area contributed by atoms with Crippen LogP contribution >= 0.6 is 39.1 Å². The van der Waals surface area contributed by atoms with Gasteiger partial charge in [-0.25, -0.2) is 0 Å². The highest BCUT2D eigenvalue weighted by molar-refractivity contribution is 7.46. The zero-order chi connectivity index (χ0) is 103. The van der Waals surface area contributed by atoms with Gasteiger partial charge in [-0.05, 0) is 0 Å². The van der Waals surface area contributed by atoms with E-state index in [1.165, 1.54) is 0 Å². The Kier molecular flexibility index (Phi) is 89.3. The summed E-state index contributed by atoms with van der Waals surface area (Å²) in [6.07, 6.45) is -1.19. The first-order chi connectivity index (χ1) is 64.2. The highest BCUT2D eigenvalue weighted by atomic mass is 31.2. The molecule has 0 amide bonds. The SMILES string of the molecule is CCC#CCC(=O)OC[C@H](COP(=O)([O-])OCC[NH3+])OC(=O)CC#CCC.CCC#CCC(=O)OC[C@H](COP(=O)([O-])OCC[NH3+])OC(=O)CC#CCC.CCC#CCC(=O)OC[C@H](COP(=O)([O-])OCC[NH3+])OC(=O)CC#CCC.CCC#CCC(=O)OC[C@H](COP(=O)([O-])OCC[NH3+])OC(=O)CC#CCC.CCC#CCC(=O)OC[C@H](COP(=O)([O-])OCC[NH3+])OC(=O)CC#CCC. The van der Waals surface area contributed by atoms with Crippen LogP contribution < -0.4 is 53.1 Å². The van der Waals surface area contributed by atoms with E-state index in [0.717, 1.165) is 0 Å². The van der Waals surface area contributed by atoms with Crippen LogP contribution in [0.4, 0.5) is 0 Å². The van der Waals surface area contributed by atoms with Gasteiger partial charge in [-0.15, -0.1) is 59.2 Å². The molecule has 15 N–H and O–H groups in total. The van der Waals surface area contributed by atoms with Crippen LogP contribution in [-0.2, 0) is 163 Å². The van der Waals surface area contributed by atoms with Gasteiger partial charge < -0.3 is 146 Å². The summed E-state index contributed by atoms with van der Waals surface area (Å²) in [5.41, 5.74) is 17.2. The zero-order valence-electron chi connectivity index (χ0n) is 78.3. The third-order valence-electron chi connectivity index (χ3n) is 13.0. The van der Waals surface area contributed by atoms with Gasteiger partial charge in [0.1, 0.15) is 130 Å². The smallest absolute Gasteiger partial charge is 0.318 e. The van der Waals surface area contributed by atoms with Crippen molar-refractivity contribution in [2.24, 2.45) is 0 Å². The lowest BCUT2D eigenvalue weighted by atomic mass is 10.3. The fourth-order valence-electron chi connectivity index (χ4n) is 7.44. The van der Waals surface area contributed by atoms with Crippen LogP contribution in [0.15, 0.2) is 0 Å². The Hall–Kier alpha value is -9.35. The molecule has 0 saturated heterocycles. The predicted molar refractivity (Wildman–Crippen MR) is 467 cm³/mol. The Labute approximate surface area is 790 Å². The van der Waals surface area contributed by atoms with Crippen LogP contribution in [0.1, 0.15) is 198 Å². The number of hydrogen-bond donors (Lipinski definition) is 5. The molecule has 0 rings (SSSR count). The Bertz CT molecular complexity index is 3780. The summed E-state index contributed by atoms with van der Waals surface area (Å²) in [6, 6.07) is 0. The lowest BCUT2D eigenvalue weighted by molar-refractivity contribution is -0.373. The molecule has 0 aliphatic rings. The summed E-state index contributed by atoms with van der Waals surface area (Å²) < 4.78 is 154. The van der Waals surface area contributed by atoms with Crippen molar-refractivity contribution in [1.29, 1.82) is 0 Å². The van der Waals surface area contributed by atoms with E-state index >= 15 is 0 Å². The lowest BCUT2D eigenvalue weighted by Crippen LogP contribution is -2.52. The van der Waals surface area contributed by atoms with E-state index in [0.29, 0.717) is 64.2 Å². The molecule has 10 atom stereocenters. The Balaban J connectivity index is -0.000000522. The fourth-order valence-corrected chi connectivity index (χ4v) is 11.3. The minimum absolute atomic E-state index is 0.121. The molecule has 5 unspecified atom stereocenters. The summed E-state index contributed by atoms with van der Waals surface area (Å²) in [5, 5.41) is 0. The predicted octanol–water partition coefficient (Wildman–Crippen LogP) is -1.04. The third-order valence-corrected chi connectivity index (χ3v) is 17.9. The van der Waals surface area contributed by atoms with Crippen LogP contribution in [0.3, 0.4) is 0 Å². The molecule has 0 aliphatic heterocycles. The summed E-state index contributed by atoms with van der Waals surface area (Å²) in [5.74, 6) is 46.6. The first kappa shape index (κ1) is 134. The zero-order valence-corrected chi connectivity index (χ0v) is 82.7. The minimum Gasteiger partial charge on any atom is -0.756 e. The normalized spacial score (nSPS) is 13.2. The number of carbonyl (C=O) groups is 10. The van der Waals surface area contributed by atoms with Crippen LogP contribution in [0.2, 0.25) is 0 Å². The average molecular weight is 2020 g/mol. The second kappa shape index (κ2) is 89.8. The topological polar surface area (TPSA) is 694 Å². The van der Waals surface area contributed by atoms with Gasteiger partial charge in [-0.1, -0.05) is 128 Å². The van der Waals surface area contributed by atoms with Crippen molar-refractivity contribution in [3.05, 3.63) is 0 Å². The summed E-state index contributed by atoms with van der Waals surface area (Å²) in [7, 11) is -22.9. The highest BCUT2D eigenvalue weighted by Gasteiger charge is 2.27. The second-order valence-electron chi connectivity index (χ2n) is 25.0. The maximum Gasteiger partial charge on any atom is 0.318 e. The average Bonchev–Trinajstić information content (AvgIpc) is 0.925. The maximum absolute atomic E-state index is 11.8. The van der Waals surface area contributed by atoms with Crippen molar-refractivity contribution in [3.63, 3.8) is 0 Å². The molecule has 760 valence electrons.